The van der Waals surface area contributed by atoms with Crippen LogP contribution in [0.5, 0.6) is 5.75 Å². The molecule has 23 heavy (non-hydrogen) atoms. The Labute approximate surface area is 131 Å². The standard InChI is InChI=1S/C16H16O7/c17-10-4-1-9(2-5-10)3-6-13(19)23-14-11(18)7-16(21)8-12(14)22-15(16)20/h1-6,11-12,14,17-18,21H,7-8H2/b6-3+/t11?,12?,14-,16+/m1/s1. The van der Waals surface area contributed by atoms with Crippen LogP contribution in [0.15, 0.2) is 30.3 Å². The van der Waals surface area contributed by atoms with Gasteiger partial charge in [-0.05, 0) is 23.8 Å². The first-order valence-corrected chi connectivity index (χ1v) is 7.17. The zero-order chi connectivity index (χ0) is 16.6. The number of hydrogen-bond donors (Lipinski definition) is 3. The molecule has 1 aliphatic carbocycles. The average molecular weight is 320 g/mol. The van der Waals surface area contributed by atoms with Gasteiger partial charge in [-0.15, -0.1) is 0 Å². The SMILES string of the molecule is O=C(/C=C/c1ccc(O)cc1)O[C@@H]1C(O)C[C@]2(O)CC1OC2=O. The number of carbonyl (C=O) groups is 2. The molecule has 3 N–H and O–H groups in total. The molecule has 2 fully saturated rings. The summed E-state index contributed by atoms with van der Waals surface area (Å²) in [6.07, 6.45) is -0.563. The maximum atomic E-state index is 11.9. The van der Waals surface area contributed by atoms with Crippen LogP contribution in [0.2, 0.25) is 0 Å². The number of carbonyl (C=O) groups excluding carboxylic acids is 2. The average Bonchev–Trinajstić information content (AvgIpc) is 2.74. The van der Waals surface area contributed by atoms with Gasteiger partial charge in [0, 0.05) is 18.9 Å². The number of benzene rings is 1. The van der Waals surface area contributed by atoms with Gasteiger partial charge in [-0.25, -0.2) is 9.59 Å². The number of rotatable bonds is 3. The van der Waals surface area contributed by atoms with Crippen molar-refractivity contribution in [1.29, 1.82) is 0 Å². The molecule has 1 saturated carbocycles. The zero-order valence-corrected chi connectivity index (χ0v) is 12.1. The van der Waals surface area contributed by atoms with Crippen molar-refractivity contribution in [2.24, 2.45) is 0 Å². The highest BCUT2D eigenvalue weighted by Crippen LogP contribution is 2.39. The van der Waals surface area contributed by atoms with Crippen molar-refractivity contribution in [2.45, 2.75) is 36.8 Å². The van der Waals surface area contributed by atoms with E-state index in [0.29, 0.717) is 5.56 Å². The molecular weight excluding hydrogens is 304 g/mol. The molecule has 0 spiro atoms. The summed E-state index contributed by atoms with van der Waals surface area (Å²) in [4.78, 5) is 23.4. The first-order chi connectivity index (χ1) is 10.9. The highest BCUT2D eigenvalue weighted by atomic mass is 16.6. The maximum Gasteiger partial charge on any atom is 0.338 e. The van der Waals surface area contributed by atoms with Gasteiger partial charge in [0.25, 0.3) is 0 Å². The van der Waals surface area contributed by atoms with E-state index in [9.17, 15) is 24.9 Å². The molecular formula is C16H16O7. The predicted octanol–water partition coefficient (Wildman–Crippen LogP) is 0.128. The number of phenolic OH excluding ortho intramolecular Hbond substituents is 1. The third-order valence-electron chi connectivity index (χ3n) is 4.03. The van der Waals surface area contributed by atoms with Crippen LogP contribution in [0.1, 0.15) is 18.4 Å². The van der Waals surface area contributed by atoms with Gasteiger partial charge < -0.3 is 24.8 Å². The van der Waals surface area contributed by atoms with E-state index < -0.39 is 35.9 Å². The van der Waals surface area contributed by atoms with Gasteiger partial charge in [0.15, 0.2) is 11.7 Å². The zero-order valence-electron chi connectivity index (χ0n) is 12.1. The summed E-state index contributed by atoms with van der Waals surface area (Å²) in [7, 11) is 0. The first kappa shape index (κ1) is 15.5. The van der Waals surface area contributed by atoms with Gasteiger partial charge in [-0.3, -0.25) is 0 Å². The molecule has 1 heterocycles. The minimum absolute atomic E-state index is 0.00250. The summed E-state index contributed by atoms with van der Waals surface area (Å²) in [5.41, 5.74) is -1.000. The van der Waals surface area contributed by atoms with E-state index in [1.807, 2.05) is 0 Å². The number of esters is 2. The second kappa shape index (κ2) is 5.68. The summed E-state index contributed by atoms with van der Waals surface area (Å²) < 4.78 is 10.1. The van der Waals surface area contributed by atoms with Gasteiger partial charge >= 0.3 is 11.9 Å². The van der Waals surface area contributed by atoms with E-state index in [2.05, 4.69) is 0 Å². The van der Waals surface area contributed by atoms with E-state index in [-0.39, 0.29) is 18.6 Å². The molecule has 2 unspecified atom stereocenters. The van der Waals surface area contributed by atoms with Gasteiger partial charge in [-0.2, -0.15) is 0 Å². The normalized spacial score (nSPS) is 32.8. The molecule has 0 radical (unpaired) electrons. The largest absolute Gasteiger partial charge is 0.508 e. The van der Waals surface area contributed by atoms with Crippen LogP contribution in [-0.2, 0) is 19.1 Å². The lowest BCUT2D eigenvalue weighted by Crippen LogP contribution is -2.50. The fourth-order valence-corrected chi connectivity index (χ4v) is 2.84. The third-order valence-corrected chi connectivity index (χ3v) is 4.03. The number of aliphatic hydroxyl groups excluding tert-OH is 1. The molecule has 0 amide bonds. The van der Waals surface area contributed by atoms with Crippen molar-refractivity contribution < 1.29 is 34.4 Å². The minimum Gasteiger partial charge on any atom is -0.508 e. The molecule has 7 heteroatoms. The third kappa shape index (κ3) is 3.06. The summed E-state index contributed by atoms with van der Waals surface area (Å²) >= 11 is 0. The minimum atomic E-state index is -1.69. The quantitative estimate of drug-likeness (QED) is 0.536. The van der Waals surface area contributed by atoms with Crippen LogP contribution in [0.25, 0.3) is 6.08 Å². The lowest BCUT2D eigenvalue weighted by Gasteiger charge is -2.32. The number of fused-ring (bicyclic) bond motifs is 2. The van der Waals surface area contributed by atoms with Crippen molar-refractivity contribution in [3.8, 4) is 5.75 Å². The van der Waals surface area contributed by atoms with Gasteiger partial charge in [-0.1, -0.05) is 12.1 Å². The number of phenols is 1. The fraction of sp³-hybridized carbons (Fsp3) is 0.375. The second-order valence-electron chi connectivity index (χ2n) is 5.78. The van der Waals surface area contributed by atoms with Crippen LogP contribution in [0.3, 0.4) is 0 Å². The number of hydrogen-bond acceptors (Lipinski definition) is 7. The Balaban J connectivity index is 1.64. The lowest BCUT2D eigenvalue weighted by atomic mass is 9.82. The number of aliphatic hydroxyl groups is 2. The fourth-order valence-electron chi connectivity index (χ4n) is 2.84. The molecule has 1 aliphatic heterocycles. The van der Waals surface area contributed by atoms with E-state index in [0.717, 1.165) is 0 Å². The van der Waals surface area contributed by atoms with Gasteiger partial charge in [0.1, 0.15) is 11.9 Å². The van der Waals surface area contributed by atoms with E-state index in [4.69, 9.17) is 9.47 Å². The molecule has 2 bridgehead atoms. The van der Waals surface area contributed by atoms with Gasteiger partial charge in [0.2, 0.25) is 0 Å². The van der Waals surface area contributed by atoms with Crippen molar-refractivity contribution in [3.05, 3.63) is 35.9 Å². The molecule has 122 valence electrons. The Morgan fingerprint density at radius 2 is 2.00 bits per heavy atom. The smallest absolute Gasteiger partial charge is 0.338 e. The predicted molar refractivity (Wildman–Crippen MR) is 77.1 cm³/mol. The van der Waals surface area contributed by atoms with Crippen molar-refractivity contribution >= 4 is 18.0 Å². The molecule has 1 aromatic carbocycles. The first-order valence-electron chi connectivity index (χ1n) is 7.17. The summed E-state index contributed by atoms with van der Waals surface area (Å²) in [5.74, 6) is -1.37. The van der Waals surface area contributed by atoms with Crippen LogP contribution < -0.4 is 0 Å². The molecule has 4 atom stereocenters. The van der Waals surface area contributed by atoms with Crippen LogP contribution in [-0.4, -0.2) is 51.2 Å². The Morgan fingerprint density at radius 3 is 2.70 bits per heavy atom. The van der Waals surface area contributed by atoms with Crippen LogP contribution >= 0.6 is 0 Å². The molecule has 2 aliphatic rings. The van der Waals surface area contributed by atoms with E-state index in [1.165, 1.54) is 24.3 Å². The van der Waals surface area contributed by atoms with Crippen LogP contribution in [0.4, 0.5) is 0 Å². The van der Waals surface area contributed by atoms with Crippen molar-refractivity contribution in [1.82, 2.24) is 0 Å². The molecule has 1 aromatic rings. The highest BCUT2D eigenvalue weighted by Gasteiger charge is 2.58. The van der Waals surface area contributed by atoms with Gasteiger partial charge in [0.05, 0.1) is 6.10 Å². The Kier molecular flexibility index (Phi) is 3.83. The topological polar surface area (TPSA) is 113 Å². The monoisotopic (exact) mass is 320 g/mol. The molecule has 0 aromatic heterocycles. The van der Waals surface area contributed by atoms with E-state index in [1.54, 1.807) is 12.1 Å². The maximum absolute atomic E-state index is 11.9. The highest BCUT2D eigenvalue weighted by molar-refractivity contribution is 5.87. The Morgan fingerprint density at radius 1 is 1.30 bits per heavy atom. The van der Waals surface area contributed by atoms with Crippen LogP contribution in [0, 0.1) is 0 Å². The Bertz CT molecular complexity index is 651. The summed E-state index contributed by atoms with van der Waals surface area (Å²) in [6, 6.07) is 6.20. The summed E-state index contributed by atoms with van der Waals surface area (Å²) in [5, 5.41) is 29.1. The summed E-state index contributed by atoms with van der Waals surface area (Å²) in [6.45, 7) is 0. The molecule has 7 nitrogen and oxygen atoms in total. The number of ether oxygens (including phenoxy) is 2. The molecule has 3 rings (SSSR count). The Hall–Kier alpha value is -2.38. The molecule has 1 saturated heterocycles. The second-order valence-corrected chi connectivity index (χ2v) is 5.78. The van der Waals surface area contributed by atoms with Crippen molar-refractivity contribution in [2.75, 3.05) is 0 Å². The van der Waals surface area contributed by atoms with Crippen molar-refractivity contribution in [3.63, 3.8) is 0 Å². The number of aromatic hydroxyl groups is 1. The lowest BCUT2D eigenvalue weighted by molar-refractivity contribution is -0.165. The van der Waals surface area contributed by atoms with E-state index >= 15 is 0 Å².